The van der Waals surface area contributed by atoms with Gasteiger partial charge in [-0.25, -0.2) is 9.97 Å². The van der Waals surface area contributed by atoms with Crippen molar-refractivity contribution in [3.63, 3.8) is 0 Å². The molecule has 3 heterocycles. The standard InChI is InChI=1S/C23H28N8O2/c1-22(2,33)13-31-12-15(10-29-31)19(32)30-20(24)23(3,16-4-5-16)17-6-7-18(26-11-17)14-8-27-21(25)28-9-14/h6-12,16,33H,4-5,13H2,1-3H3,(H2,24,30,32)(H2,25,27,28)/t23-/m1/s1. The molecule has 1 amide bonds. The van der Waals surface area contributed by atoms with Gasteiger partial charge < -0.3 is 16.6 Å². The van der Waals surface area contributed by atoms with E-state index < -0.39 is 16.9 Å². The zero-order valence-electron chi connectivity index (χ0n) is 18.9. The molecular formula is C23H28N8O2. The molecule has 1 atom stereocenters. The van der Waals surface area contributed by atoms with E-state index in [9.17, 15) is 9.90 Å². The number of carbonyl (C=O) groups is 1. The molecule has 0 saturated heterocycles. The fourth-order valence-electron chi connectivity index (χ4n) is 3.84. The summed E-state index contributed by atoms with van der Waals surface area (Å²) in [5.74, 6) is 0.260. The number of amidine groups is 1. The number of nitrogens with two attached hydrogens (primary N) is 2. The van der Waals surface area contributed by atoms with E-state index in [1.54, 1.807) is 38.6 Å². The Morgan fingerprint density at radius 1 is 1.15 bits per heavy atom. The number of hydrogen-bond donors (Lipinski definition) is 3. The minimum atomic E-state index is -0.948. The molecular weight excluding hydrogens is 420 g/mol. The third kappa shape index (κ3) is 4.90. The molecule has 1 fully saturated rings. The fourth-order valence-corrected chi connectivity index (χ4v) is 3.84. The van der Waals surface area contributed by atoms with Gasteiger partial charge in [0.15, 0.2) is 0 Å². The summed E-state index contributed by atoms with van der Waals surface area (Å²) in [6.07, 6.45) is 10.0. The number of aliphatic hydroxyl groups is 1. The highest BCUT2D eigenvalue weighted by molar-refractivity contribution is 6.06. The Kier molecular flexibility index (Phi) is 5.71. The lowest BCUT2D eigenvalue weighted by Crippen LogP contribution is -2.41. The van der Waals surface area contributed by atoms with Crippen molar-refractivity contribution in [1.82, 2.24) is 24.7 Å². The number of aliphatic imine (C=N–C) groups is 1. The summed E-state index contributed by atoms with van der Waals surface area (Å²) in [5, 5.41) is 14.1. The minimum Gasteiger partial charge on any atom is -0.389 e. The first-order chi connectivity index (χ1) is 15.6. The Bertz CT molecular complexity index is 1170. The van der Waals surface area contributed by atoms with Crippen LogP contribution in [0.3, 0.4) is 0 Å². The van der Waals surface area contributed by atoms with Crippen molar-refractivity contribution in [1.29, 1.82) is 0 Å². The molecule has 10 heteroatoms. The quantitative estimate of drug-likeness (QED) is 0.365. The molecule has 172 valence electrons. The van der Waals surface area contributed by atoms with Crippen LogP contribution >= 0.6 is 0 Å². The molecule has 1 aliphatic carbocycles. The van der Waals surface area contributed by atoms with Crippen molar-refractivity contribution in [2.24, 2.45) is 16.6 Å². The molecule has 0 bridgehead atoms. The molecule has 5 N–H and O–H groups in total. The Balaban J connectivity index is 1.58. The van der Waals surface area contributed by atoms with Crippen LogP contribution in [0.4, 0.5) is 5.95 Å². The van der Waals surface area contributed by atoms with E-state index >= 15 is 0 Å². The number of amides is 1. The first-order valence-electron chi connectivity index (χ1n) is 10.7. The Hall–Kier alpha value is -3.66. The van der Waals surface area contributed by atoms with Crippen LogP contribution in [0.5, 0.6) is 0 Å². The summed E-state index contributed by atoms with van der Waals surface area (Å²) >= 11 is 0. The number of nitrogen functional groups attached to an aromatic ring is 1. The van der Waals surface area contributed by atoms with E-state index in [1.807, 2.05) is 19.1 Å². The summed E-state index contributed by atoms with van der Waals surface area (Å²) in [7, 11) is 0. The average Bonchev–Trinajstić information content (AvgIpc) is 3.52. The summed E-state index contributed by atoms with van der Waals surface area (Å²) in [5.41, 5.74) is 13.1. The van der Waals surface area contributed by atoms with Gasteiger partial charge in [0.1, 0.15) is 5.84 Å². The van der Waals surface area contributed by atoms with Crippen LogP contribution in [0.25, 0.3) is 11.3 Å². The smallest absolute Gasteiger partial charge is 0.281 e. The van der Waals surface area contributed by atoms with Crippen LogP contribution in [-0.4, -0.2) is 47.2 Å². The van der Waals surface area contributed by atoms with Gasteiger partial charge in [-0.1, -0.05) is 6.07 Å². The molecule has 1 aliphatic rings. The van der Waals surface area contributed by atoms with Crippen LogP contribution in [-0.2, 0) is 12.0 Å². The molecule has 0 aliphatic heterocycles. The van der Waals surface area contributed by atoms with E-state index in [1.165, 1.54) is 10.9 Å². The van der Waals surface area contributed by atoms with E-state index in [-0.39, 0.29) is 24.2 Å². The fraction of sp³-hybridized carbons (Fsp3) is 0.391. The van der Waals surface area contributed by atoms with Crippen LogP contribution in [0.15, 0.2) is 48.1 Å². The maximum absolute atomic E-state index is 12.8. The van der Waals surface area contributed by atoms with Crippen molar-refractivity contribution in [2.75, 3.05) is 5.73 Å². The molecule has 3 aromatic heterocycles. The second kappa shape index (κ2) is 8.36. The van der Waals surface area contributed by atoms with Crippen LogP contribution < -0.4 is 11.5 Å². The Morgan fingerprint density at radius 2 is 1.85 bits per heavy atom. The normalized spacial score (nSPS) is 16.4. The lowest BCUT2D eigenvalue weighted by molar-refractivity contribution is 0.0576. The van der Waals surface area contributed by atoms with Crippen LogP contribution in [0.2, 0.25) is 0 Å². The van der Waals surface area contributed by atoms with Gasteiger partial charge in [0.25, 0.3) is 5.91 Å². The number of hydrogen-bond acceptors (Lipinski definition) is 7. The predicted octanol–water partition coefficient (Wildman–Crippen LogP) is 1.95. The summed E-state index contributed by atoms with van der Waals surface area (Å²) in [6, 6.07) is 3.83. The Morgan fingerprint density at radius 3 is 2.42 bits per heavy atom. The van der Waals surface area contributed by atoms with Gasteiger partial charge >= 0.3 is 0 Å². The molecule has 0 aromatic carbocycles. The average molecular weight is 449 g/mol. The van der Waals surface area contributed by atoms with E-state index in [0.717, 1.165) is 24.0 Å². The minimum absolute atomic E-state index is 0.205. The van der Waals surface area contributed by atoms with Gasteiger partial charge in [0.05, 0.1) is 35.0 Å². The number of carbonyl (C=O) groups excluding carboxylic acids is 1. The first-order valence-corrected chi connectivity index (χ1v) is 10.7. The lowest BCUT2D eigenvalue weighted by atomic mass is 9.77. The first kappa shape index (κ1) is 22.5. The molecule has 1 saturated carbocycles. The number of aromatic nitrogens is 5. The molecule has 0 spiro atoms. The molecule has 0 unspecified atom stereocenters. The zero-order chi connectivity index (χ0) is 23.8. The van der Waals surface area contributed by atoms with E-state index in [4.69, 9.17) is 11.5 Å². The predicted molar refractivity (Wildman–Crippen MR) is 124 cm³/mol. The van der Waals surface area contributed by atoms with Gasteiger partial charge in [-0.3, -0.25) is 14.5 Å². The highest BCUT2D eigenvalue weighted by Gasteiger charge is 2.46. The van der Waals surface area contributed by atoms with Gasteiger partial charge in [-0.2, -0.15) is 10.1 Å². The number of nitrogens with zero attached hydrogens (tertiary/aromatic N) is 6. The molecule has 33 heavy (non-hydrogen) atoms. The second-order valence-electron chi connectivity index (χ2n) is 9.28. The summed E-state index contributed by atoms with van der Waals surface area (Å²) in [4.78, 5) is 29.6. The molecule has 10 nitrogen and oxygen atoms in total. The van der Waals surface area contributed by atoms with Crippen molar-refractivity contribution < 1.29 is 9.90 Å². The number of pyridine rings is 1. The summed E-state index contributed by atoms with van der Waals surface area (Å²) < 4.78 is 1.52. The SMILES string of the molecule is CC(C)(O)Cn1cc(C(=O)N=C(N)[C@@](C)(c2ccc(-c3cnc(N)nc3)nc2)C2CC2)cn1. The highest BCUT2D eigenvalue weighted by Crippen LogP contribution is 2.47. The largest absolute Gasteiger partial charge is 0.389 e. The molecule has 0 radical (unpaired) electrons. The monoisotopic (exact) mass is 448 g/mol. The van der Waals surface area contributed by atoms with Crippen LogP contribution in [0, 0.1) is 5.92 Å². The Labute approximate surface area is 191 Å². The van der Waals surface area contributed by atoms with Crippen molar-refractivity contribution in [3.8, 4) is 11.3 Å². The number of anilines is 1. The lowest BCUT2D eigenvalue weighted by Gasteiger charge is -2.29. The number of rotatable bonds is 7. The van der Waals surface area contributed by atoms with Gasteiger partial charge in [0.2, 0.25) is 5.95 Å². The maximum Gasteiger partial charge on any atom is 0.281 e. The molecule has 3 aromatic rings. The van der Waals surface area contributed by atoms with Crippen molar-refractivity contribution >= 4 is 17.7 Å². The zero-order valence-corrected chi connectivity index (χ0v) is 18.9. The maximum atomic E-state index is 12.8. The third-order valence-electron chi connectivity index (χ3n) is 5.91. The van der Waals surface area contributed by atoms with Crippen LogP contribution in [0.1, 0.15) is 49.5 Å². The van der Waals surface area contributed by atoms with E-state index in [0.29, 0.717) is 11.3 Å². The van der Waals surface area contributed by atoms with Gasteiger partial charge in [-0.15, -0.1) is 0 Å². The van der Waals surface area contributed by atoms with Gasteiger partial charge in [-0.05, 0) is 51.2 Å². The summed E-state index contributed by atoms with van der Waals surface area (Å²) in [6.45, 7) is 5.60. The van der Waals surface area contributed by atoms with Crippen molar-refractivity contribution in [2.45, 2.75) is 51.2 Å². The highest BCUT2D eigenvalue weighted by atomic mass is 16.3. The van der Waals surface area contributed by atoms with Crippen molar-refractivity contribution in [3.05, 3.63) is 54.2 Å². The third-order valence-corrected chi connectivity index (χ3v) is 5.91. The van der Waals surface area contributed by atoms with E-state index in [2.05, 4.69) is 25.0 Å². The second-order valence-corrected chi connectivity index (χ2v) is 9.28. The molecule has 4 rings (SSSR count). The van der Waals surface area contributed by atoms with Gasteiger partial charge in [0, 0.05) is 30.4 Å². The topological polar surface area (TPSA) is 158 Å².